The Morgan fingerprint density at radius 1 is 1.17 bits per heavy atom. The van der Waals surface area contributed by atoms with Gasteiger partial charge in [-0.15, -0.1) is 0 Å². The third-order valence-electron chi connectivity index (χ3n) is 5.39. The average Bonchev–Trinajstić information content (AvgIpc) is 3.02. The van der Waals surface area contributed by atoms with Gasteiger partial charge in [0.2, 0.25) is 5.91 Å². The van der Waals surface area contributed by atoms with Crippen LogP contribution in [0.1, 0.15) is 44.1 Å². The minimum Gasteiger partial charge on any atom is -0.481 e. The smallest absolute Gasteiger partial charge is 0.306 e. The first-order valence-corrected chi connectivity index (χ1v) is 8.82. The molecular formula is C19H24FNO3. The van der Waals surface area contributed by atoms with Crippen LogP contribution in [0, 0.1) is 17.7 Å². The number of nitrogens with zero attached hydrogens (tertiary/aromatic N) is 1. The zero-order chi connectivity index (χ0) is 17.1. The number of carboxylic acids is 1. The van der Waals surface area contributed by atoms with Crippen molar-refractivity contribution in [2.24, 2.45) is 11.8 Å². The fraction of sp³-hybridized carbons (Fsp3) is 0.579. The second-order valence-electron chi connectivity index (χ2n) is 7.06. The fourth-order valence-electron chi connectivity index (χ4n) is 4.15. The molecule has 1 heterocycles. The number of hydrogen-bond donors (Lipinski definition) is 1. The molecule has 0 radical (unpaired) electrons. The van der Waals surface area contributed by atoms with Crippen LogP contribution >= 0.6 is 0 Å². The topological polar surface area (TPSA) is 57.6 Å². The van der Waals surface area contributed by atoms with Gasteiger partial charge >= 0.3 is 5.97 Å². The van der Waals surface area contributed by atoms with Crippen LogP contribution in [0.25, 0.3) is 0 Å². The number of halogens is 1. The van der Waals surface area contributed by atoms with Gasteiger partial charge in [-0.1, -0.05) is 18.6 Å². The highest BCUT2D eigenvalue weighted by Gasteiger charge is 2.37. The molecule has 4 nitrogen and oxygen atoms in total. The Morgan fingerprint density at radius 3 is 2.71 bits per heavy atom. The van der Waals surface area contributed by atoms with Crippen LogP contribution in [0.5, 0.6) is 0 Å². The Kier molecular flexibility index (Phi) is 5.17. The highest BCUT2D eigenvalue weighted by molar-refractivity contribution is 5.81. The van der Waals surface area contributed by atoms with Gasteiger partial charge in [0, 0.05) is 18.5 Å². The number of carbonyl (C=O) groups is 2. The van der Waals surface area contributed by atoms with Crippen molar-refractivity contribution in [2.75, 3.05) is 6.54 Å². The number of likely N-dealkylation sites (tertiary alicyclic amines) is 1. The summed E-state index contributed by atoms with van der Waals surface area (Å²) in [4.78, 5) is 26.0. The molecule has 1 saturated carbocycles. The molecule has 0 aromatic heterocycles. The van der Waals surface area contributed by atoms with Gasteiger partial charge in [-0.05, 0) is 56.2 Å². The predicted molar refractivity (Wildman–Crippen MR) is 87.9 cm³/mol. The monoisotopic (exact) mass is 333 g/mol. The Morgan fingerprint density at radius 2 is 1.96 bits per heavy atom. The lowest BCUT2D eigenvalue weighted by atomic mass is 9.80. The number of hydrogen-bond acceptors (Lipinski definition) is 2. The molecule has 1 aromatic carbocycles. The summed E-state index contributed by atoms with van der Waals surface area (Å²) in [7, 11) is 0. The van der Waals surface area contributed by atoms with Crippen LogP contribution in [-0.2, 0) is 16.0 Å². The maximum Gasteiger partial charge on any atom is 0.306 e. The van der Waals surface area contributed by atoms with E-state index in [4.69, 9.17) is 0 Å². The van der Waals surface area contributed by atoms with Crippen molar-refractivity contribution in [2.45, 2.75) is 51.0 Å². The van der Waals surface area contributed by atoms with E-state index in [1.54, 1.807) is 6.07 Å². The minimum absolute atomic E-state index is 0.0971. The first kappa shape index (κ1) is 16.9. The molecule has 1 aromatic rings. The van der Waals surface area contributed by atoms with Gasteiger partial charge in [-0.2, -0.15) is 0 Å². The lowest BCUT2D eigenvalue weighted by Crippen LogP contribution is -2.42. The highest BCUT2D eigenvalue weighted by Crippen LogP contribution is 2.33. The van der Waals surface area contributed by atoms with E-state index in [0.29, 0.717) is 19.3 Å². The molecular weight excluding hydrogens is 309 g/mol. The van der Waals surface area contributed by atoms with Gasteiger partial charge in [0.25, 0.3) is 0 Å². The van der Waals surface area contributed by atoms with E-state index < -0.39 is 11.9 Å². The molecule has 5 heteroatoms. The number of carboxylic acid groups (broad SMARTS) is 1. The molecule has 0 bridgehead atoms. The van der Waals surface area contributed by atoms with Gasteiger partial charge in [-0.25, -0.2) is 4.39 Å². The normalized spacial score (nSPS) is 27.2. The minimum atomic E-state index is -0.787. The molecule has 1 N–H and O–H groups in total. The first-order chi connectivity index (χ1) is 11.5. The lowest BCUT2D eigenvalue weighted by molar-refractivity contribution is -0.145. The van der Waals surface area contributed by atoms with E-state index in [1.807, 2.05) is 11.0 Å². The lowest BCUT2D eigenvalue weighted by Gasteiger charge is -2.32. The van der Waals surface area contributed by atoms with E-state index in [1.165, 1.54) is 12.1 Å². The molecule has 3 atom stereocenters. The van der Waals surface area contributed by atoms with Crippen molar-refractivity contribution in [1.29, 1.82) is 0 Å². The summed E-state index contributed by atoms with van der Waals surface area (Å²) in [5, 5.41) is 9.22. The van der Waals surface area contributed by atoms with Gasteiger partial charge < -0.3 is 10.0 Å². The van der Waals surface area contributed by atoms with Gasteiger partial charge in [0.05, 0.1) is 5.92 Å². The van der Waals surface area contributed by atoms with Crippen molar-refractivity contribution in [3.63, 3.8) is 0 Å². The van der Waals surface area contributed by atoms with Crippen LogP contribution in [-0.4, -0.2) is 34.5 Å². The van der Waals surface area contributed by atoms with Crippen molar-refractivity contribution in [3.05, 3.63) is 35.6 Å². The molecule has 2 aliphatic rings. The zero-order valence-corrected chi connectivity index (χ0v) is 13.8. The first-order valence-electron chi connectivity index (χ1n) is 8.82. The average molecular weight is 333 g/mol. The maximum atomic E-state index is 13.4. The summed E-state index contributed by atoms with van der Waals surface area (Å²) in [6.45, 7) is 0.729. The van der Waals surface area contributed by atoms with Gasteiger partial charge in [0.15, 0.2) is 0 Å². The Bertz CT molecular complexity index is 618. The second kappa shape index (κ2) is 7.32. The van der Waals surface area contributed by atoms with Crippen molar-refractivity contribution < 1.29 is 19.1 Å². The predicted octanol–water partition coefficient (Wildman–Crippen LogP) is 3.25. The largest absolute Gasteiger partial charge is 0.481 e. The molecule has 130 valence electrons. The summed E-state index contributed by atoms with van der Waals surface area (Å²) in [6.07, 6.45) is 5.27. The van der Waals surface area contributed by atoms with Gasteiger partial charge in [0.1, 0.15) is 5.82 Å². The number of amides is 1. The SMILES string of the molecule is O=C(O)C1CCCC(C(=O)N2CCCC2Cc2cccc(F)c2)C1. The quantitative estimate of drug-likeness (QED) is 0.920. The Hall–Kier alpha value is -1.91. The second-order valence-corrected chi connectivity index (χ2v) is 7.06. The van der Waals surface area contributed by atoms with E-state index in [9.17, 15) is 19.1 Å². The van der Waals surface area contributed by atoms with Crippen LogP contribution in [0.15, 0.2) is 24.3 Å². The maximum absolute atomic E-state index is 13.4. The summed E-state index contributed by atoms with van der Waals surface area (Å²) in [5.41, 5.74) is 0.909. The van der Waals surface area contributed by atoms with E-state index in [0.717, 1.165) is 37.8 Å². The molecule has 24 heavy (non-hydrogen) atoms. The third-order valence-corrected chi connectivity index (χ3v) is 5.39. The standard InChI is InChI=1S/C19H24FNO3/c20-16-7-1-4-13(10-16)11-17-8-3-9-21(17)18(22)14-5-2-6-15(12-14)19(23)24/h1,4,7,10,14-15,17H,2-3,5-6,8-9,11-12H2,(H,23,24). The van der Waals surface area contributed by atoms with E-state index >= 15 is 0 Å². The fourth-order valence-corrected chi connectivity index (χ4v) is 4.15. The Labute approximate surface area is 141 Å². The molecule has 0 spiro atoms. The molecule has 3 unspecified atom stereocenters. The number of benzene rings is 1. The zero-order valence-electron chi connectivity index (χ0n) is 13.8. The van der Waals surface area contributed by atoms with Crippen molar-refractivity contribution in [3.8, 4) is 0 Å². The Balaban J connectivity index is 1.66. The molecule has 3 rings (SSSR count). The summed E-state index contributed by atoms with van der Waals surface area (Å²) in [6, 6.07) is 6.65. The molecule has 1 amide bonds. The van der Waals surface area contributed by atoms with Crippen LogP contribution in [0.2, 0.25) is 0 Å². The highest BCUT2D eigenvalue weighted by atomic mass is 19.1. The molecule has 2 fully saturated rings. The van der Waals surface area contributed by atoms with Crippen molar-refractivity contribution in [1.82, 2.24) is 4.90 Å². The summed E-state index contributed by atoms with van der Waals surface area (Å²) < 4.78 is 13.4. The molecule has 1 aliphatic heterocycles. The van der Waals surface area contributed by atoms with Gasteiger partial charge in [-0.3, -0.25) is 9.59 Å². The summed E-state index contributed by atoms with van der Waals surface area (Å²) in [5.74, 6) is -1.50. The molecule has 1 saturated heterocycles. The van der Waals surface area contributed by atoms with Crippen molar-refractivity contribution >= 4 is 11.9 Å². The number of carbonyl (C=O) groups excluding carboxylic acids is 1. The van der Waals surface area contributed by atoms with E-state index in [2.05, 4.69) is 0 Å². The summed E-state index contributed by atoms with van der Waals surface area (Å²) >= 11 is 0. The van der Waals surface area contributed by atoms with Crippen LogP contribution in [0.4, 0.5) is 4.39 Å². The third kappa shape index (κ3) is 3.77. The van der Waals surface area contributed by atoms with E-state index in [-0.39, 0.29) is 23.7 Å². The van der Waals surface area contributed by atoms with Crippen LogP contribution in [0.3, 0.4) is 0 Å². The number of aliphatic carboxylic acids is 1. The number of rotatable bonds is 4. The van der Waals surface area contributed by atoms with Crippen LogP contribution < -0.4 is 0 Å². The molecule has 1 aliphatic carbocycles.